The maximum absolute atomic E-state index is 11.4. The smallest absolute Gasteiger partial charge is 0.314 e. The van der Waals surface area contributed by atoms with E-state index in [1.807, 2.05) is 6.07 Å². The van der Waals surface area contributed by atoms with Crippen LogP contribution in [0.3, 0.4) is 0 Å². The number of nitrogens with one attached hydrogen (secondary N) is 1. The van der Waals surface area contributed by atoms with E-state index in [0.29, 0.717) is 13.1 Å². The average Bonchev–Trinajstić information content (AvgIpc) is 3.01. The third-order valence-corrected chi connectivity index (χ3v) is 3.62. The Morgan fingerprint density at radius 3 is 3.10 bits per heavy atom. The number of carbonyl (C=O) groups is 1. The number of rotatable bonds is 2. The summed E-state index contributed by atoms with van der Waals surface area (Å²) in [5.74, 6) is 0.00616. The van der Waals surface area contributed by atoms with Crippen molar-refractivity contribution in [2.75, 3.05) is 13.1 Å². The van der Waals surface area contributed by atoms with Crippen LogP contribution in [0.1, 0.15) is 18.0 Å². The largest absolute Gasteiger partial charge is 0.392 e. The van der Waals surface area contributed by atoms with Gasteiger partial charge in [-0.1, -0.05) is 5.17 Å². The molecule has 8 nitrogen and oxygen atoms in total. The van der Waals surface area contributed by atoms with E-state index in [2.05, 4.69) is 15.4 Å². The molecule has 1 fully saturated rings. The highest BCUT2D eigenvalue weighted by Crippen LogP contribution is 2.30. The number of amides is 2. The Hall–Kier alpha value is -2.35. The van der Waals surface area contributed by atoms with Crippen molar-refractivity contribution >= 4 is 6.03 Å². The van der Waals surface area contributed by atoms with Crippen LogP contribution in [0, 0.1) is 0 Å². The summed E-state index contributed by atoms with van der Waals surface area (Å²) in [6, 6.07) is 1.51. The molecule has 106 valence electrons. The molecule has 3 N–H and O–H groups in total. The van der Waals surface area contributed by atoms with Crippen LogP contribution >= 0.6 is 0 Å². The molecular weight excluding hydrogens is 260 g/mol. The van der Waals surface area contributed by atoms with E-state index in [1.165, 1.54) is 6.33 Å². The van der Waals surface area contributed by atoms with Crippen molar-refractivity contribution in [1.29, 1.82) is 0 Å². The van der Waals surface area contributed by atoms with E-state index < -0.39 is 6.03 Å². The van der Waals surface area contributed by atoms with Crippen LogP contribution in [0.5, 0.6) is 0 Å². The minimum absolute atomic E-state index is 0.00616. The number of primary amides is 1. The molecule has 1 aromatic rings. The highest BCUT2D eigenvalue weighted by Gasteiger charge is 2.38. The van der Waals surface area contributed by atoms with Crippen molar-refractivity contribution in [3.05, 3.63) is 36.7 Å². The molecule has 0 saturated carbocycles. The molecule has 0 spiro atoms. The van der Waals surface area contributed by atoms with Crippen LogP contribution in [0.15, 0.2) is 31.1 Å². The zero-order valence-corrected chi connectivity index (χ0v) is 10.8. The van der Waals surface area contributed by atoms with E-state index in [9.17, 15) is 4.79 Å². The van der Waals surface area contributed by atoms with E-state index in [4.69, 9.17) is 10.6 Å². The lowest BCUT2D eigenvalue weighted by Gasteiger charge is -2.40. The maximum atomic E-state index is 11.4. The third-order valence-electron chi connectivity index (χ3n) is 3.62. The molecule has 0 bridgehead atoms. The van der Waals surface area contributed by atoms with Gasteiger partial charge in [0.25, 0.3) is 0 Å². The number of carbonyl (C=O) groups excluding carboxylic acids is 1. The van der Waals surface area contributed by atoms with Gasteiger partial charge >= 0.3 is 6.03 Å². The van der Waals surface area contributed by atoms with E-state index in [0.717, 1.165) is 12.1 Å². The normalized spacial score (nSPS) is 26.1. The van der Waals surface area contributed by atoms with Gasteiger partial charge in [-0.05, 0) is 12.5 Å². The number of urea groups is 1. The van der Waals surface area contributed by atoms with Gasteiger partial charge in [-0.15, -0.1) is 0 Å². The lowest BCUT2D eigenvalue weighted by Crippen LogP contribution is -2.53. The van der Waals surface area contributed by atoms with Crippen LogP contribution < -0.4 is 11.2 Å². The third kappa shape index (κ3) is 2.37. The predicted molar refractivity (Wildman–Crippen MR) is 69.5 cm³/mol. The first-order chi connectivity index (χ1) is 9.75. The number of hydroxylamine groups is 1. The van der Waals surface area contributed by atoms with Crippen LogP contribution in [0.2, 0.25) is 0 Å². The Bertz CT molecular complexity index is 500. The second-order valence-corrected chi connectivity index (χ2v) is 4.74. The molecule has 2 aliphatic rings. The van der Waals surface area contributed by atoms with Crippen molar-refractivity contribution in [3.63, 3.8) is 0 Å². The molecular formula is C12H16N6O2. The second kappa shape index (κ2) is 5.33. The summed E-state index contributed by atoms with van der Waals surface area (Å²) in [6.45, 7) is 1.11. The van der Waals surface area contributed by atoms with Gasteiger partial charge in [0.2, 0.25) is 0 Å². The first-order valence-electron chi connectivity index (χ1n) is 6.43. The quantitative estimate of drug-likeness (QED) is 0.785. The molecule has 3 rings (SSSR count). The molecule has 2 amide bonds. The van der Waals surface area contributed by atoms with Gasteiger partial charge in [0.05, 0.1) is 17.9 Å². The summed E-state index contributed by atoms with van der Waals surface area (Å²) in [5, 5.41) is 1.69. The number of nitrogens with two attached hydrogens (primary N) is 1. The van der Waals surface area contributed by atoms with Gasteiger partial charge in [0.1, 0.15) is 12.6 Å². The Balaban J connectivity index is 1.83. The fraction of sp³-hybridized carbons (Fsp3) is 0.417. The van der Waals surface area contributed by atoms with Crippen molar-refractivity contribution in [1.82, 2.24) is 25.5 Å². The monoisotopic (exact) mass is 276 g/mol. The number of likely N-dealkylation sites (tertiary alicyclic amines) is 1. The standard InChI is InChI=1S/C12H16N6O2/c13-12(19)17-5-2-11(18-16-4-6-20-18)9(7-17)10-1-3-14-8-15-10/h1,3-4,6,8-9,11,16H,2,5,7H2,(H2,13,19). The first kappa shape index (κ1) is 12.7. The van der Waals surface area contributed by atoms with Crippen molar-refractivity contribution in [2.45, 2.75) is 18.4 Å². The molecule has 20 heavy (non-hydrogen) atoms. The minimum atomic E-state index is -0.407. The molecule has 1 saturated heterocycles. The van der Waals surface area contributed by atoms with Crippen LogP contribution in [-0.4, -0.2) is 45.2 Å². The van der Waals surface area contributed by atoms with Gasteiger partial charge in [-0.3, -0.25) is 5.43 Å². The SMILES string of the molecule is NC(=O)N1CCC(N2NC=CO2)C(c2ccncn2)C1. The Morgan fingerprint density at radius 1 is 1.55 bits per heavy atom. The summed E-state index contributed by atoms with van der Waals surface area (Å²) in [7, 11) is 0. The van der Waals surface area contributed by atoms with E-state index in [-0.39, 0.29) is 12.0 Å². The number of aromatic nitrogens is 2. The van der Waals surface area contributed by atoms with Crippen LogP contribution in [0.4, 0.5) is 4.79 Å². The number of hydrogen-bond donors (Lipinski definition) is 2. The predicted octanol–water partition coefficient (Wildman–Crippen LogP) is -0.0638. The lowest BCUT2D eigenvalue weighted by molar-refractivity contribution is -0.162. The highest BCUT2D eigenvalue weighted by atomic mass is 16.7. The number of hydrazine groups is 1. The summed E-state index contributed by atoms with van der Waals surface area (Å²) in [5.41, 5.74) is 9.28. The molecule has 0 aliphatic carbocycles. The van der Waals surface area contributed by atoms with Crippen LogP contribution in [0.25, 0.3) is 0 Å². The fourth-order valence-corrected chi connectivity index (χ4v) is 2.64. The van der Waals surface area contributed by atoms with Gasteiger partial charge in [-0.25, -0.2) is 14.8 Å². The lowest BCUT2D eigenvalue weighted by atomic mass is 9.89. The average molecular weight is 276 g/mol. The number of nitrogens with zero attached hydrogens (tertiary/aromatic N) is 4. The Labute approximate surface area is 116 Å². The van der Waals surface area contributed by atoms with Gasteiger partial charge in [0.15, 0.2) is 0 Å². The Kier molecular flexibility index (Phi) is 3.38. The van der Waals surface area contributed by atoms with Gasteiger partial charge < -0.3 is 15.5 Å². The maximum Gasteiger partial charge on any atom is 0.314 e. The molecule has 3 heterocycles. The van der Waals surface area contributed by atoms with Crippen molar-refractivity contribution < 1.29 is 9.63 Å². The van der Waals surface area contributed by atoms with E-state index >= 15 is 0 Å². The topological polar surface area (TPSA) is 96.6 Å². The summed E-state index contributed by atoms with van der Waals surface area (Å²) >= 11 is 0. The first-order valence-corrected chi connectivity index (χ1v) is 6.43. The summed E-state index contributed by atoms with van der Waals surface area (Å²) in [6.07, 6.45) is 7.24. The molecule has 8 heteroatoms. The minimum Gasteiger partial charge on any atom is -0.392 e. The molecule has 0 radical (unpaired) electrons. The van der Waals surface area contributed by atoms with Crippen LogP contribution in [-0.2, 0) is 4.84 Å². The zero-order chi connectivity index (χ0) is 13.9. The van der Waals surface area contributed by atoms with E-state index in [1.54, 1.807) is 28.7 Å². The molecule has 2 atom stereocenters. The molecule has 1 aromatic heterocycles. The fourth-order valence-electron chi connectivity index (χ4n) is 2.64. The highest BCUT2D eigenvalue weighted by molar-refractivity contribution is 5.72. The summed E-state index contributed by atoms with van der Waals surface area (Å²) in [4.78, 5) is 26.7. The van der Waals surface area contributed by atoms with Gasteiger partial charge in [0, 0.05) is 25.2 Å². The zero-order valence-electron chi connectivity index (χ0n) is 10.8. The number of hydrogen-bond acceptors (Lipinski definition) is 6. The number of piperidine rings is 1. The molecule has 2 unspecified atom stereocenters. The van der Waals surface area contributed by atoms with Crippen molar-refractivity contribution in [3.8, 4) is 0 Å². The molecule has 2 aliphatic heterocycles. The van der Waals surface area contributed by atoms with Gasteiger partial charge in [-0.2, -0.15) is 0 Å². The second-order valence-electron chi connectivity index (χ2n) is 4.74. The Morgan fingerprint density at radius 2 is 2.45 bits per heavy atom. The van der Waals surface area contributed by atoms with Crippen molar-refractivity contribution in [2.24, 2.45) is 5.73 Å². The summed E-state index contributed by atoms with van der Waals surface area (Å²) < 4.78 is 0. The molecule has 0 aromatic carbocycles.